The van der Waals surface area contributed by atoms with Crippen molar-refractivity contribution in [2.45, 2.75) is 52.7 Å². The lowest BCUT2D eigenvalue weighted by atomic mass is 10.1. The first kappa shape index (κ1) is 23.2. The van der Waals surface area contributed by atoms with Crippen LogP contribution in [0.5, 0.6) is 5.75 Å². The van der Waals surface area contributed by atoms with Gasteiger partial charge < -0.3 is 15.0 Å². The lowest BCUT2D eigenvalue weighted by Gasteiger charge is -2.31. The van der Waals surface area contributed by atoms with Gasteiger partial charge >= 0.3 is 0 Å². The molecule has 2 aromatic rings. The minimum atomic E-state index is -0.550. The molecule has 0 spiro atoms. The predicted octanol–water partition coefficient (Wildman–Crippen LogP) is 4.31. The van der Waals surface area contributed by atoms with Crippen molar-refractivity contribution >= 4 is 34.4 Å². The molecule has 2 amide bonds. The van der Waals surface area contributed by atoms with Crippen LogP contribution in [0.25, 0.3) is 0 Å². The summed E-state index contributed by atoms with van der Waals surface area (Å²) in [6.45, 7) is 8.01. The van der Waals surface area contributed by atoms with Crippen LogP contribution in [0.3, 0.4) is 0 Å². The van der Waals surface area contributed by atoms with Crippen LogP contribution in [-0.4, -0.2) is 35.4 Å². The van der Waals surface area contributed by atoms with Gasteiger partial charge in [0.1, 0.15) is 11.8 Å². The Kier molecular flexibility index (Phi) is 8.95. The van der Waals surface area contributed by atoms with E-state index >= 15 is 0 Å². The molecule has 0 aromatic heterocycles. The highest BCUT2D eigenvalue weighted by Crippen LogP contribution is 2.16. The highest BCUT2D eigenvalue weighted by Gasteiger charge is 2.29. The molecule has 1 unspecified atom stereocenters. The summed E-state index contributed by atoms with van der Waals surface area (Å²) in [6.07, 6.45) is 0.527. The van der Waals surface area contributed by atoms with Crippen molar-refractivity contribution in [1.29, 1.82) is 0 Å². The quantitative estimate of drug-likeness (QED) is 0.514. The molecular formula is C23H29IN2O3. The summed E-state index contributed by atoms with van der Waals surface area (Å²) in [5.41, 5.74) is 2.13. The second-order valence-corrected chi connectivity index (χ2v) is 8.58. The summed E-state index contributed by atoms with van der Waals surface area (Å²) >= 11 is 2.22. The van der Waals surface area contributed by atoms with Gasteiger partial charge in [-0.25, -0.2) is 0 Å². The van der Waals surface area contributed by atoms with Crippen molar-refractivity contribution in [2.24, 2.45) is 0 Å². The summed E-state index contributed by atoms with van der Waals surface area (Å²) in [7, 11) is 0. The van der Waals surface area contributed by atoms with E-state index < -0.39 is 6.04 Å². The Morgan fingerprint density at radius 3 is 2.24 bits per heavy atom. The molecule has 0 radical (unpaired) electrons. The van der Waals surface area contributed by atoms with Gasteiger partial charge in [0.2, 0.25) is 5.91 Å². The Bertz CT molecular complexity index is 804. The highest BCUT2D eigenvalue weighted by atomic mass is 127. The second kappa shape index (κ2) is 11.2. The molecule has 5 nitrogen and oxygen atoms in total. The number of ether oxygens (including phenoxy) is 1. The normalized spacial score (nSPS) is 11.8. The van der Waals surface area contributed by atoms with E-state index in [2.05, 4.69) is 27.9 Å². The van der Waals surface area contributed by atoms with E-state index in [-0.39, 0.29) is 24.5 Å². The first-order valence-electron chi connectivity index (χ1n) is 9.84. The monoisotopic (exact) mass is 508 g/mol. The Hall–Kier alpha value is -2.09. The van der Waals surface area contributed by atoms with Gasteiger partial charge in [-0.2, -0.15) is 0 Å². The average Bonchev–Trinajstić information content (AvgIpc) is 2.68. The SMILES string of the molecule is CCC(C(=O)NC(C)C)N(Cc1ccc(C)cc1)C(=O)COc1ccc(I)cc1. The van der Waals surface area contributed by atoms with E-state index in [0.717, 1.165) is 14.7 Å². The third-order valence-corrected chi connectivity index (χ3v) is 5.19. The molecule has 1 atom stereocenters. The van der Waals surface area contributed by atoms with Gasteiger partial charge in [-0.3, -0.25) is 9.59 Å². The molecule has 0 aliphatic rings. The molecule has 0 aliphatic heterocycles. The van der Waals surface area contributed by atoms with Gasteiger partial charge in [-0.1, -0.05) is 36.8 Å². The molecule has 0 heterocycles. The number of nitrogens with one attached hydrogen (secondary N) is 1. The number of carbonyl (C=O) groups is 2. The minimum absolute atomic E-state index is 0.0101. The lowest BCUT2D eigenvalue weighted by Crippen LogP contribution is -2.51. The second-order valence-electron chi connectivity index (χ2n) is 7.34. The third kappa shape index (κ3) is 7.34. The van der Waals surface area contributed by atoms with Crippen molar-refractivity contribution in [3.05, 3.63) is 63.2 Å². The van der Waals surface area contributed by atoms with E-state index in [0.29, 0.717) is 18.7 Å². The summed E-state index contributed by atoms with van der Waals surface area (Å²) in [5, 5.41) is 2.93. The van der Waals surface area contributed by atoms with Crippen LogP contribution in [0.1, 0.15) is 38.3 Å². The van der Waals surface area contributed by atoms with Crippen LogP contribution in [0, 0.1) is 10.5 Å². The Balaban J connectivity index is 2.18. The topological polar surface area (TPSA) is 58.6 Å². The summed E-state index contributed by atoms with van der Waals surface area (Å²) in [4.78, 5) is 27.4. The number of hydrogen-bond acceptors (Lipinski definition) is 3. The Labute approximate surface area is 187 Å². The van der Waals surface area contributed by atoms with Gasteiger partial charge in [-0.15, -0.1) is 0 Å². The lowest BCUT2D eigenvalue weighted by molar-refractivity contribution is -0.143. The summed E-state index contributed by atoms with van der Waals surface area (Å²) in [6, 6.07) is 15.0. The van der Waals surface area contributed by atoms with Crippen molar-refractivity contribution < 1.29 is 14.3 Å². The molecule has 29 heavy (non-hydrogen) atoms. The number of benzene rings is 2. The number of amides is 2. The van der Waals surface area contributed by atoms with Crippen molar-refractivity contribution in [3.8, 4) is 5.75 Å². The zero-order valence-electron chi connectivity index (χ0n) is 17.4. The number of halogens is 1. The van der Waals surface area contributed by atoms with E-state index in [4.69, 9.17) is 4.74 Å². The van der Waals surface area contributed by atoms with E-state index in [9.17, 15) is 9.59 Å². The molecule has 1 N–H and O–H groups in total. The fraction of sp³-hybridized carbons (Fsp3) is 0.391. The van der Waals surface area contributed by atoms with Crippen LogP contribution >= 0.6 is 22.6 Å². The number of carbonyl (C=O) groups excluding carboxylic acids is 2. The fourth-order valence-corrected chi connectivity index (χ4v) is 3.31. The van der Waals surface area contributed by atoms with Gasteiger partial charge in [0, 0.05) is 16.2 Å². The van der Waals surface area contributed by atoms with E-state index in [1.165, 1.54) is 0 Å². The van der Waals surface area contributed by atoms with Gasteiger partial charge in [0.05, 0.1) is 0 Å². The molecule has 0 bridgehead atoms. The first-order chi connectivity index (χ1) is 13.8. The molecular weight excluding hydrogens is 479 g/mol. The smallest absolute Gasteiger partial charge is 0.261 e. The van der Waals surface area contributed by atoms with Crippen LogP contribution < -0.4 is 10.1 Å². The molecule has 2 rings (SSSR count). The molecule has 0 saturated heterocycles. The zero-order chi connectivity index (χ0) is 21.4. The van der Waals surface area contributed by atoms with E-state index in [1.54, 1.807) is 4.90 Å². The van der Waals surface area contributed by atoms with Crippen molar-refractivity contribution in [2.75, 3.05) is 6.61 Å². The van der Waals surface area contributed by atoms with Crippen LogP contribution in [0.4, 0.5) is 0 Å². The van der Waals surface area contributed by atoms with Crippen LogP contribution in [0.15, 0.2) is 48.5 Å². The average molecular weight is 508 g/mol. The van der Waals surface area contributed by atoms with Crippen LogP contribution in [-0.2, 0) is 16.1 Å². The van der Waals surface area contributed by atoms with Crippen molar-refractivity contribution in [1.82, 2.24) is 10.2 Å². The molecule has 2 aromatic carbocycles. The zero-order valence-corrected chi connectivity index (χ0v) is 19.6. The number of rotatable bonds is 9. The summed E-state index contributed by atoms with van der Waals surface area (Å²) in [5.74, 6) is 0.279. The molecule has 0 fully saturated rings. The summed E-state index contributed by atoms with van der Waals surface area (Å²) < 4.78 is 6.79. The molecule has 0 saturated carbocycles. The maximum atomic E-state index is 13.1. The molecule has 156 valence electrons. The number of hydrogen-bond donors (Lipinski definition) is 1. The predicted molar refractivity (Wildman–Crippen MR) is 124 cm³/mol. The van der Waals surface area contributed by atoms with Crippen molar-refractivity contribution in [3.63, 3.8) is 0 Å². The van der Waals surface area contributed by atoms with E-state index in [1.807, 2.05) is 76.2 Å². The molecule has 6 heteroatoms. The van der Waals surface area contributed by atoms with Crippen LogP contribution in [0.2, 0.25) is 0 Å². The highest BCUT2D eigenvalue weighted by molar-refractivity contribution is 14.1. The number of aryl methyl sites for hydroxylation is 1. The Morgan fingerprint density at radius 2 is 1.69 bits per heavy atom. The van der Waals surface area contributed by atoms with Gasteiger partial charge in [0.25, 0.3) is 5.91 Å². The largest absolute Gasteiger partial charge is 0.484 e. The van der Waals surface area contributed by atoms with Gasteiger partial charge in [-0.05, 0) is 79.6 Å². The Morgan fingerprint density at radius 1 is 1.07 bits per heavy atom. The first-order valence-corrected chi connectivity index (χ1v) is 10.9. The van der Waals surface area contributed by atoms with Gasteiger partial charge in [0.15, 0.2) is 6.61 Å². The fourth-order valence-electron chi connectivity index (χ4n) is 2.95. The maximum Gasteiger partial charge on any atom is 0.261 e. The molecule has 0 aliphatic carbocycles. The maximum absolute atomic E-state index is 13.1. The standard InChI is InChI=1S/C23H29IN2O3/c1-5-21(23(28)25-16(2)3)26(14-18-8-6-17(4)7-9-18)22(27)15-29-20-12-10-19(24)11-13-20/h6-13,16,21H,5,14-15H2,1-4H3,(H,25,28). The minimum Gasteiger partial charge on any atom is -0.484 e. The number of nitrogens with zero attached hydrogens (tertiary/aromatic N) is 1. The third-order valence-electron chi connectivity index (χ3n) is 4.47.